The highest BCUT2D eigenvalue weighted by Gasteiger charge is 2.46. The van der Waals surface area contributed by atoms with Gasteiger partial charge in [-0.1, -0.05) is 0 Å². The van der Waals surface area contributed by atoms with Crippen molar-refractivity contribution in [3.8, 4) is 0 Å². The molecular weight excluding hydrogens is 166 g/mol. The van der Waals surface area contributed by atoms with E-state index < -0.39 is 5.79 Å². The molecule has 0 spiro atoms. The van der Waals surface area contributed by atoms with Crippen LogP contribution in [-0.4, -0.2) is 29.1 Å². The molecule has 0 amide bonds. The van der Waals surface area contributed by atoms with Gasteiger partial charge in [0.25, 0.3) is 0 Å². The van der Waals surface area contributed by atoms with Crippen LogP contribution in [0.15, 0.2) is 0 Å². The summed E-state index contributed by atoms with van der Waals surface area (Å²) in [7, 11) is 1.57. The second-order valence-corrected chi connectivity index (χ2v) is 5.40. The SMILES string of the molecule is COC1(O)CC(C)(C)NC(C)(C)C1. The van der Waals surface area contributed by atoms with Gasteiger partial charge in [-0.25, -0.2) is 0 Å². The lowest BCUT2D eigenvalue weighted by atomic mass is 9.79. The molecule has 1 saturated heterocycles. The zero-order valence-corrected chi connectivity index (χ0v) is 9.27. The normalized spacial score (nSPS) is 30.0. The Morgan fingerprint density at radius 2 is 1.46 bits per heavy atom. The van der Waals surface area contributed by atoms with Crippen molar-refractivity contribution >= 4 is 0 Å². The van der Waals surface area contributed by atoms with Gasteiger partial charge in [0.05, 0.1) is 0 Å². The van der Waals surface area contributed by atoms with E-state index in [9.17, 15) is 5.11 Å². The van der Waals surface area contributed by atoms with Crippen LogP contribution in [0.1, 0.15) is 40.5 Å². The Kier molecular flexibility index (Phi) is 2.48. The Labute approximate surface area is 80.5 Å². The van der Waals surface area contributed by atoms with Crippen LogP contribution in [0.25, 0.3) is 0 Å². The van der Waals surface area contributed by atoms with Crippen LogP contribution < -0.4 is 5.32 Å². The molecule has 1 fully saturated rings. The number of ether oxygens (including phenoxy) is 1. The van der Waals surface area contributed by atoms with Gasteiger partial charge < -0.3 is 15.2 Å². The minimum atomic E-state index is -0.974. The van der Waals surface area contributed by atoms with Gasteiger partial charge in [0.1, 0.15) is 0 Å². The summed E-state index contributed by atoms with van der Waals surface area (Å²) in [5.74, 6) is -0.974. The molecule has 0 unspecified atom stereocenters. The van der Waals surface area contributed by atoms with Crippen LogP contribution >= 0.6 is 0 Å². The van der Waals surface area contributed by atoms with Gasteiger partial charge in [-0.05, 0) is 27.7 Å². The van der Waals surface area contributed by atoms with E-state index in [-0.39, 0.29) is 11.1 Å². The van der Waals surface area contributed by atoms with E-state index >= 15 is 0 Å². The molecule has 0 aliphatic carbocycles. The highest BCUT2D eigenvalue weighted by Crippen LogP contribution is 2.35. The first-order valence-corrected chi connectivity index (χ1v) is 4.75. The molecule has 3 heteroatoms. The lowest BCUT2D eigenvalue weighted by Crippen LogP contribution is -2.63. The molecule has 78 valence electrons. The summed E-state index contributed by atoms with van der Waals surface area (Å²) in [4.78, 5) is 0. The first-order chi connectivity index (χ1) is 5.68. The van der Waals surface area contributed by atoms with Gasteiger partial charge in [-0.3, -0.25) is 0 Å². The quantitative estimate of drug-likeness (QED) is 0.607. The third kappa shape index (κ3) is 2.66. The molecule has 13 heavy (non-hydrogen) atoms. The lowest BCUT2D eigenvalue weighted by Gasteiger charge is -2.49. The molecule has 1 heterocycles. The predicted molar refractivity (Wildman–Crippen MR) is 52.5 cm³/mol. The summed E-state index contributed by atoms with van der Waals surface area (Å²) in [5.41, 5.74) is -0.154. The average molecular weight is 187 g/mol. The standard InChI is InChI=1S/C10H21NO2/c1-8(2)6-10(12,13-5)7-9(3,4)11-8/h11-12H,6-7H2,1-5H3. The van der Waals surface area contributed by atoms with Crippen molar-refractivity contribution in [3.05, 3.63) is 0 Å². The summed E-state index contributed by atoms with van der Waals surface area (Å²) >= 11 is 0. The highest BCUT2D eigenvalue weighted by molar-refractivity contribution is 5.00. The minimum Gasteiger partial charge on any atom is -0.365 e. The van der Waals surface area contributed by atoms with Gasteiger partial charge in [-0.2, -0.15) is 0 Å². The molecular formula is C10H21NO2. The van der Waals surface area contributed by atoms with E-state index in [0.29, 0.717) is 12.8 Å². The number of methoxy groups -OCH3 is 1. The molecule has 1 rings (SSSR count). The molecule has 0 aromatic rings. The van der Waals surface area contributed by atoms with E-state index in [1.54, 1.807) is 7.11 Å². The molecule has 0 radical (unpaired) electrons. The number of hydrogen-bond acceptors (Lipinski definition) is 3. The Morgan fingerprint density at radius 3 is 1.77 bits per heavy atom. The molecule has 0 aromatic heterocycles. The smallest absolute Gasteiger partial charge is 0.168 e. The first-order valence-electron chi connectivity index (χ1n) is 4.75. The van der Waals surface area contributed by atoms with E-state index in [1.165, 1.54) is 0 Å². The largest absolute Gasteiger partial charge is 0.365 e. The van der Waals surface area contributed by atoms with Crippen molar-refractivity contribution in [2.75, 3.05) is 7.11 Å². The maximum atomic E-state index is 10.1. The van der Waals surface area contributed by atoms with Gasteiger partial charge >= 0.3 is 0 Å². The molecule has 0 atom stereocenters. The van der Waals surface area contributed by atoms with Crippen molar-refractivity contribution in [1.29, 1.82) is 0 Å². The van der Waals surface area contributed by atoms with Crippen LogP contribution in [0, 0.1) is 0 Å². The third-order valence-electron chi connectivity index (χ3n) is 2.49. The second kappa shape index (κ2) is 2.94. The summed E-state index contributed by atoms with van der Waals surface area (Å²) in [5, 5.41) is 13.6. The molecule has 1 aliphatic rings. The fourth-order valence-electron chi connectivity index (χ4n) is 2.59. The van der Waals surface area contributed by atoms with Gasteiger partial charge in [0.15, 0.2) is 5.79 Å². The Morgan fingerprint density at radius 1 is 1.08 bits per heavy atom. The minimum absolute atomic E-state index is 0.0769. The molecule has 0 bridgehead atoms. The molecule has 2 N–H and O–H groups in total. The molecule has 3 nitrogen and oxygen atoms in total. The molecule has 1 aliphatic heterocycles. The van der Waals surface area contributed by atoms with Crippen LogP contribution in [0.3, 0.4) is 0 Å². The van der Waals surface area contributed by atoms with E-state index in [2.05, 4.69) is 33.0 Å². The number of piperidine rings is 1. The van der Waals surface area contributed by atoms with Crippen LogP contribution in [0.5, 0.6) is 0 Å². The van der Waals surface area contributed by atoms with Crippen molar-refractivity contribution in [3.63, 3.8) is 0 Å². The zero-order valence-electron chi connectivity index (χ0n) is 9.27. The van der Waals surface area contributed by atoms with Crippen LogP contribution in [0.4, 0.5) is 0 Å². The fraction of sp³-hybridized carbons (Fsp3) is 1.00. The highest BCUT2D eigenvalue weighted by atomic mass is 16.6. The third-order valence-corrected chi connectivity index (χ3v) is 2.49. The molecule has 0 saturated carbocycles. The summed E-state index contributed by atoms with van der Waals surface area (Å²) in [6.07, 6.45) is 1.25. The fourth-order valence-corrected chi connectivity index (χ4v) is 2.59. The van der Waals surface area contributed by atoms with Crippen molar-refractivity contribution in [2.45, 2.75) is 57.4 Å². The van der Waals surface area contributed by atoms with Crippen LogP contribution in [0.2, 0.25) is 0 Å². The van der Waals surface area contributed by atoms with Crippen molar-refractivity contribution in [1.82, 2.24) is 5.32 Å². The molecule has 0 aromatic carbocycles. The number of hydrogen-bond donors (Lipinski definition) is 2. The Balaban J connectivity index is 2.84. The van der Waals surface area contributed by atoms with E-state index in [1.807, 2.05) is 0 Å². The topological polar surface area (TPSA) is 41.5 Å². The van der Waals surface area contributed by atoms with Crippen molar-refractivity contribution in [2.24, 2.45) is 0 Å². The van der Waals surface area contributed by atoms with Gasteiger partial charge in [0.2, 0.25) is 0 Å². The number of nitrogens with one attached hydrogen (secondary N) is 1. The summed E-state index contributed by atoms with van der Waals surface area (Å²) < 4.78 is 5.17. The van der Waals surface area contributed by atoms with Crippen molar-refractivity contribution < 1.29 is 9.84 Å². The number of rotatable bonds is 1. The maximum absolute atomic E-state index is 10.1. The Bertz CT molecular complexity index is 183. The lowest BCUT2D eigenvalue weighted by molar-refractivity contribution is -0.228. The monoisotopic (exact) mass is 187 g/mol. The van der Waals surface area contributed by atoms with E-state index in [4.69, 9.17) is 4.74 Å². The van der Waals surface area contributed by atoms with Gasteiger partial charge in [0, 0.05) is 31.0 Å². The average Bonchev–Trinajstić information content (AvgIpc) is 1.79. The predicted octanol–water partition coefficient (Wildman–Crippen LogP) is 1.26. The Hall–Kier alpha value is -0.120. The summed E-state index contributed by atoms with van der Waals surface area (Å²) in [6.45, 7) is 8.32. The maximum Gasteiger partial charge on any atom is 0.168 e. The van der Waals surface area contributed by atoms with Crippen LogP contribution in [-0.2, 0) is 4.74 Å². The second-order valence-electron chi connectivity index (χ2n) is 5.40. The number of aliphatic hydroxyl groups is 1. The van der Waals surface area contributed by atoms with Gasteiger partial charge in [-0.15, -0.1) is 0 Å². The first kappa shape index (κ1) is 11.0. The summed E-state index contributed by atoms with van der Waals surface area (Å²) in [6, 6.07) is 0. The zero-order chi connectivity index (χ0) is 10.3. The van der Waals surface area contributed by atoms with E-state index in [0.717, 1.165) is 0 Å².